The molecule has 0 atom stereocenters. The molecule has 15 heavy (non-hydrogen) atoms. The number of nitrogens with one attached hydrogen (secondary N) is 2. The number of nitrogens with two attached hydrogens (primary N) is 1. The van der Waals surface area contributed by atoms with Gasteiger partial charge in [-0.3, -0.25) is 9.59 Å². The zero-order chi connectivity index (χ0) is 11.1. The number of rotatable bonds is 3. The van der Waals surface area contributed by atoms with Crippen LogP contribution in [0.3, 0.4) is 0 Å². The molecule has 1 fully saturated rings. The van der Waals surface area contributed by atoms with Crippen molar-refractivity contribution in [2.45, 2.75) is 38.1 Å². The van der Waals surface area contributed by atoms with E-state index in [4.69, 9.17) is 5.73 Å². The molecule has 0 aromatic carbocycles. The summed E-state index contributed by atoms with van der Waals surface area (Å²) in [7, 11) is 0. The summed E-state index contributed by atoms with van der Waals surface area (Å²) in [4.78, 5) is 22.6. The summed E-state index contributed by atoms with van der Waals surface area (Å²) in [6, 6.07) is 0.176. The quantitative estimate of drug-likeness (QED) is 0.553. The fourth-order valence-electron chi connectivity index (χ4n) is 1.76. The molecule has 0 aromatic heterocycles. The van der Waals surface area contributed by atoms with Crippen LogP contribution in [0.4, 0.5) is 0 Å². The number of hydrogen-bond donors (Lipinski definition) is 3. The molecule has 0 aliphatic heterocycles. The molecular weight excluding hydrogens is 194 g/mol. The average molecular weight is 213 g/mol. The van der Waals surface area contributed by atoms with Crippen molar-refractivity contribution in [2.24, 2.45) is 5.73 Å². The second-order valence-corrected chi connectivity index (χ2v) is 3.85. The SMILES string of the molecule is NCCNC(=O)C(=O)NC1CCCCC1. The maximum Gasteiger partial charge on any atom is 0.309 e. The van der Waals surface area contributed by atoms with Crippen molar-refractivity contribution < 1.29 is 9.59 Å². The first-order chi connectivity index (χ1) is 7.24. The molecule has 1 aliphatic rings. The molecule has 0 radical (unpaired) electrons. The summed E-state index contributed by atoms with van der Waals surface area (Å²) in [5, 5.41) is 5.18. The molecule has 0 unspecified atom stereocenters. The molecule has 86 valence electrons. The van der Waals surface area contributed by atoms with Gasteiger partial charge in [0.15, 0.2) is 0 Å². The number of hydrogen-bond acceptors (Lipinski definition) is 3. The highest BCUT2D eigenvalue weighted by Crippen LogP contribution is 2.17. The van der Waals surface area contributed by atoms with Gasteiger partial charge in [0.2, 0.25) is 0 Å². The minimum atomic E-state index is -0.578. The summed E-state index contributed by atoms with van der Waals surface area (Å²) in [5.41, 5.74) is 5.21. The maximum absolute atomic E-state index is 11.4. The van der Waals surface area contributed by atoms with Crippen LogP contribution in [0.1, 0.15) is 32.1 Å². The lowest BCUT2D eigenvalue weighted by atomic mass is 9.95. The third-order valence-electron chi connectivity index (χ3n) is 2.58. The zero-order valence-corrected chi connectivity index (χ0v) is 8.92. The van der Waals surface area contributed by atoms with E-state index in [9.17, 15) is 9.59 Å². The van der Waals surface area contributed by atoms with E-state index in [2.05, 4.69) is 10.6 Å². The molecule has 2 amide bonds. The summed E-state index contributed by atoms with van der Waals surface area (Å²) < 4.78 is 0. The first-order valence-corrected chi connectivity index (χ1v) is 5.53. The van der Waals surface area contributed by atoms with Crippen LogP contribution in [0.2, 0.25) is 0 Å². The first kappa shape index (κ1) is 12.0. The topological polar surface area (TPSA) is 84.2 Å². The molecule has 0 spiro atoms. The Morgan fingerprint density at radius 1 is 1.13 bits per heavy atom. The van der Waals surface area contributed by atoms with Gasteiger partial charge in [0.25, 0.3) is 0 Å². The van der Waals surface area contributed by atoms with Crippen LogP contribution >= 0.6 is 0 Å². The molecule has 0 aromatic rings. The van der Waals surface area contributed by atoms with Crippen LogP contribution < -0.4 is 16.4 Å². The van der Waals surface area contributed by atoms with E-state index in [0.29, 0.717) is 13.1 Å². The van der Waals surface area contributed by atoms with Crippen LogP contribution in [-0.2, 0) is 9.59 Å². The van der Waals surface area contributed by atoms with Crippen molar-refractivity contribution in [3.8, 4) is 0 Å². The molecule has 1 saturated carbocycles. The van der Waals surface area contributed by atoms with Crippen molar-refractivity contribution >= 4 is 11.8 Å². The van der Waals surface area contributed by atoms with E-state index < -0.39 is 11.8 Å². The minimum absolute atomic E-state index is 0.176. The molecule has 0 heterocycles. The Hall–Kier alpha value is -1.10. The predicted molar refractivity (Wildman–Crippen MR) is 57.1 cm³/mol. The van der Waals surface area contributed by atoms with Gasteiger partial charge in [0.1, 0.15) is 0 Å². The zero-order valence-electron chi connectivity index (χ0n) is 8.92. The lowest BCUT2D eigenvalue weighted by Gasteiger charge is -2.22. The summed E-state index contributed by atoms with van der Waals surface area (Å²) in [5.74, 6) is -1.11. The summed E-state index contributed by atoms with van der Waals surface area (Å²) in [6.45, 7) is 0.694. The van der Waals surface area contributed by atoms with Crippen molar-refractivity contribution in [3.05, 3.63) is 0 Å². The molecule has 5 nitrogen and oxygen atoms in total. The average Bonchev–Trinajstić information content (AvgIpc) is 2.27. The van der Waals surface area contributed by atoms with Gasteiger partial charge in [-0.1, -0.05) is 19.3 Å². The second-order valence-electron chi connectivity index (χ2n) is 3.85. The Morgan fingerprint density at radius 3 is 2.40 bits per heavy atom. The van der Waals surface area contributed by atoms with Crippen molar-refractivity contribution in [3.63, 3.8) is 0 Å². The van der Waals surface area contributed by atoms with Gasteiger partial charge >= 0.3 is 11.8 Å². The van der Waals surface area contributed by atoms with Gasteiger partial charge in [0.05, 0.1) is 0 Å². The van der Waals surface area contributed by atoms with E-state index in [0.717, 1.165) is 25.7 Å². The number of carbonyl (C=O) groups is 2. The highest BCUT2D eigenvalue weighted by molar-refractivity contribution is 6.35. The van der Waals surface area contributed by atoms with Gasteiger partial charge < -0.3 is 16.4 Å². The Kier molecular flexibility index (Phi) is 5.10. The minimum Gasteiger partial charge on any atom is -0.347 e. The Balaban J connectivity index is 2.24. The maximum atomic E-state index is 11.4. The third-order valence-corrected chi connectivity index (χ3v) is 2.58. The Morgan fingerprint density at radius 2 is 1.80 bits per heavy atom. The first-order valence-electron chi connectivity index (χ1n) is 5.53. The van der Waals surface area contributed by atoms with E-state index in [1.807, 2.05) is 0 Å². The molecular formula is C10H19N3O2. The van der Waals surface area contributed by atoms with Crippen molar-refractivity contribution in [2.75, 3.05) is 13.1 Å². The highest BCUT2D eigenvalue weighted by atomic mass is 16.2. The second kappa shape index (κ2) is 6.40. The lowest BCUT2D eigenvalue weighted by Crippen LogP contribution is -2.46. The van der Waals surface area contributed by atoms with E-state index in [1.54, 1.807) is 0 Å². The van der Waals surface area contributed by atoms with Crippen molar-refractivity contribution in [1.29, 1.82) is 0 Å². The fourth-order valence-corrected chi connectivity index (χ4v) is 1.76. The van der Waals surface area contributed by atoms with Gasteiger partial charge in [0, 0.05) is 19.1 Å². The van der Waals surface area contributed by atoms with E-state index in [1.165, 1.54) is 6.42 Å². The van der Waals surface area contributed by atoms with Crippen LogP contribution in [0.5, 0.6) is 0 Å². The highest BCUT2D eigenvalue weighted by Gasteiger charge is 2.19. The number of carbonyl (C=O) groups excluding carboxylic acids is 2. The summed E-state index contributed by atoms with van der Waals surface area (Å²) >= 11 is 0. The van der Waals surface area contributed by atoms with Gasteiger partial charge in [-0.2, -0.15) is 0 Å². The van der Waals surface area contributed by atoms with E-state index >= 15 is 0 Å². The van der Waals surface area contributed by atoms with Gasteiger partial charge in [-0.15, -0.1) is 0 Å². The van der Waals surface area contributed by atoms with Gasteiger partial charge in [-0.25, -0.2) is 0 Å². The standard InChI is InChI=1S/C10H19N3O2/c11-6-7-12-9(14)10(15)13-8-4-2-1-3-5-8/h8H,1-7,11H2,(H,12,14)(H,13,15). The Bertz CT molecular complexity index is 225. The van der Waals surface area contributed by atoms with Crippen molar-refractivity contribution in [1.82, 2.24) is 10.6 Å². The normalized spacial score (nSPS) is 17.1. The van der Waals surface area contributed by atoms with Crippen LogP contribution in [0, 0.1) is 0 Å². The Labute approximate surface area is 89.8 Å². The largest absolute Gasteiger partial charge is 0.347 e. The molecule has 5 heteroatoms. The molecule has 0 saturated heterocycles. The van der Waals surface area contributed by atoms with Gasteiger partial charge in [-0.05, 0) is 12.8 Å². The molecule has 4 N–H and O–H groups in total. The molecule has 1 aliphatic carbocycles. The lowest BCUT2D eigenvalue weighted by molar-refractivity contribution is -0.139. The fraction of sp³-hybridized carbons (Fsp3) is 0.800. The third kappa shape index (κ3) is 4.29. The smallest absolute Gasteiger partial charge is 0.309 e. The molecule has 0 bridgehead atoms. The van der Waals surface area contributed by atoms with Crippen LogP contribution in [0.25, 0.3) is 0 Å². The predicted octanol–water partition coefficient (Wildman–Crippen LogP) is -0.490. The van der Waals surface area contributed by atoms with Crippen LogP contribution in [0.15, 0.2) is 0 Å². The monoisotopic (exact) mass is 213 g/mol. The molecule has 1 rings (SSSR count). The summed E-state index contributed by atoms with van der Waals surface area (Å²) in [6.07, 6.45) is 5.46. The van der Waals surface area contributed by atoms with E-state index in [-0.39, 0.29) is 6.04 Å². The van der Waals surface area contributed by atoms with Crippen LogP contribution in [-0.4, -0.2) is 30.9 Å². The number of amides is 2.